The molecule has 0 N–H and O–H groups in total. The van der Waals surface area contributed by atoms with Gasteiger partial charge in [-0.15, -0.1) is 0 Å². The lowest BCUT2D eigenvalue weighted by atomic mass is 10.3. The summed E-state index contributed by atoms with van der Waals surface area (Å²) in [7, 11) is 0. The Morgan fingerprint density at radius 1 is 0.905 bits per heavy atom. The van der Waals surface area contributed by atoms with E-state index in [1.54, 1.807) is 0 Å². The SMILES string of the molecule is Cc1cc(COc2ccc(Oc3ccccc3)cc2)sn1. The molecule has 0 bridgehead atoms. The third-order valence-electron chi connectivity index (χ3n) is 2.86. The Morgan fingerprint density at radius 3 is 2.24 bits per heavy atom. The molecule has 3 rings (SSSR count). The first-order chi connectivity index (χ1) is 10.3. The number of rotatable bonds is 5. The number of ether oxygens (including phenoxy) is 2. The van der Waals surface area contributed by atoms with Gasteiger partial charge in [-0.1, -0.05) is 18.2 Å². The van der Waals surface area contributed by atoms with Crippen molar-refractivity contribution in [2.45, 2.75) is 13.5 Å². The normalized spacial score (nSPS) is 10.3. The van der Waals surface area contributed by atoms with Crippen molar-refractivity contribution in [3.8, 4) is 17.2 Å². The first-order valence-corrected chi connectivity index (χ1v) is 7.45. The number of para-hydroxylation sites is 1. The van der Waals surface area contributed by atoms with Crippen LogP contribution in [-0.4, -0.2) is 4.37 Å². The van der Waals surface area contributed by atoms with Crippen LogP contribution in [0.15, 0.2) is 60.7 Å². The van der Waals surface area contributed by atoms with Crippen LogP contribution in [0.5, 0.6) is 17.2 Å². The van der Waals surface area contributed by atoms with E-state index < -0.39 is 0 Å². The number of nitrogens with zero attached hydrogens (tertiary/aromatic N) is 1. The van der Waals surface area contributed by atoms with Crippen molar-refractivity contribution in [3.05, 3.63) is 71.2 Å². The fourth-order valence-corrected chi connectivity index (χ4v) is 2.52. The summed E-state index contributed by atoms with van der Waals surface area (Å²) in [4.78, 5) is 1.12. The zero-order valence-corrected chi connectivity index (χ0v) is 12.5. The minimum atomic E-state index is 0.546. The van der Waals surface area contributed by atoms with E-state index in [4.69, 9.17) is 9.47 Å². The first-order valence-electron chi connectivity index (χ1n) is 6.67. The van der Waals surface area contributed by atoms with Crippen LogP contribution in [0.2, 0.25) is 0 Å². The molecule has 0 aliphatic heterocycles. The maximum Gasteiger partial charge on any atom is 0.127 e. The molecule has 2 aromatic carbocycles. The van der Waals surface area contributed by atoms with E-state index in [-0.39, 0.29) is 0 Å². The molecule has 106 valence electrons. The van der Waals surface area contributed by atoms with E-state index in [9.17, 15) is 0 Å². The lowest BCUT2D eigenvalue weighted by Crippen LogP contribution is -1.92. The van der Waals surface area contributed by atoms with E-state index in [0.29, 0.717) is 6.61 Å². The Labute approximate surface area is 128 Å². The average Bonchev–Trinajstić information content (AvgIpc) is 2.93. The second-order valence-electron chi connectivity index (χ2n) is 4.61. The van der Waals surface area contributed by atoms with Gasteiger partial charge in [0.2, 0.25) is 0 Å². The van der Waals surface area contributed by atoms with Crippen molar-refractivity contribution in [2.75, 3.05) is 0 Å². The highest BCUT2D eigenvalue weighted by atomic mass is 32.1. The highest BCUT2D eigenvalue weighted by Gasteiger charge is 2.01. The van der Waals surface area contributed by atoms with Gasteiger partial charge >= 0.3 is 0 Å². The smallest absolute Gasteiger partial charge is 0.127 e. The standard InChI is InChI=1S/C17H15NO2S/c1-13-11-17(21-18-13)12-19-14-7-9-16(10-8-14)20-15-5-3-2-4-6-15/h2-11H,12H2,1H3. The lowest BCUT2D eigenvalue weighted by Gasteiger charge is -2.07. The minimum Gasteiger partial charge on any atom is -0.488 e. The Morgan fingerprint density at radius 2 is 1.57 bits per heavy atom. The fourth-order valence-electron chi connectivity index (χ4n) is 1.87. The molecule has 0 saturated heterocycles. The monoisotopic (exact) mass is 297 g/mol. The van der Waals surface area contributed by atoms with Crippen molar-refractivity contribution in [1.82, 2.24) is 4.37 Å². The summed E-state index contributed by atoms with van der Waals surface area (Å²) in [5, 5.41) is 0. The molecule has 0 aliphatic rings. The van der Waals surface area contributed by atoms with Crippen molar-refractivity contribution in [1.29, 1.82) is 0 Å². The van der Waals surface area contributed by atoms with E-state index >= 15 is 0 Å². The van der Waals surface area contributed by atoms with Gasteiger partial charge in [0.05, 0.1) is 10.6 Å². The second kappa shape index (κ2) is 6.41. The molecular weight excluding hydrogens is 282 g/mol. The van der Waals surface area contributed by atoms with Crippen molar-refractivity contribution in [3.63, 3.8) is 0 Å². The fraction of sp³-hybridized carbons (Fsp3) is 0.118. The molecule has 1 aromatic heterocycles. The summed E-state index contributed by atoms with van der Waals surface area (Å²) in [6.45, 7) is 2.53. The Balaban J connectivity index is 1.59. The highest BCUT2D eigenvalue weighted by Crippen LogP contribution is 2.24. The average molecular weight is 297 g/mol. The predicted octanol–water partition coefficient (Wildman–Crippen LogP) is 4.82. The Bertz CT molecular complexity index is 692. The van der Waals surface area contributed by atoms with Gasteiger partial charge in [-0.2, -0.15) is 4.37 Å². The molecule has 21 heavy (non-hydrogen) atoms. The Kier molecular flexibility index (Phi) is 4.17. The van der Waals surface area contributed by atoms with Crippen LogP contribution < -0.4 is 9.47 Å². The molecule has 0 radical (unpaired) electrons. The zero-order chi connectivity index (χ0) is 14.5. The molecule has 0 aliphatic carbocycles. The van der Waals surface area contributed by atoms with E-state index in [1.807, 2.05) is 67.6 Å². The van der Waals surface area contributed by atoms with Crippen LogP contribution in [-0.2, 0) is 6.61 Å². The second-order valence-corrected chi connectivity index (χ2v) is 5.50. The molecule has 0 fully saturated rings. The summed E-state index contributed by atoms with van der Waals surface area (Å²) in [6, 6.07) is 19.4. The van der Waals surface area contributed by atoms with Gasteiger partial charge in [-0.25, -0.2) is 0 Å². The van der Waals surface area contributed by atoms with Gasteiger partial charge in [0, 0.05) is 0 Å². The lowest BCUT2D eigenvalue weighted by molar-refractivity contribution is 0.309. The van der Waals surface area contributed by atoms with Gasteiger partial charge < -0.3 is 9.47 Å². The molecule has 0 amide bonds. The molecule has 0 unspecified atom stereocenters. The Hall–Kier alpha value is -2.33. The van der Waals surface area contributed by atoms with Crippen molar-refractivity contribution in [2.24, 2.45) is 0 Å². The number of aryl methyl sites for hydroxylation is 1. The molecule has 0 saturated carbocycles. The molecule has 4 heteroatoms. The van der Waals surface area contributed by atoms with E-state index in [0.717, 1.165) is 27.8 Å². The van der Waals surface area contributed by atoms with Crippen LogP contribution in [0, 0.1) is 6.92 Å². The third-order valence-corrected chi connectivity index (χ3v) is 3.71. The third kappa shape index (κ3) is 3.83. The predicted molar refractivity (Wildman–Crippen MR) is 84.1 cm³/mol. The maximum absolute atomic E-state index is 5.74. The zero-order valence-electron chi connectivity index (χ0n) is 11.7. The molecule has 3 aromatic rings. The number of benzene rings is 2. The number of hydrogen-bond acceptors (Lipinski definition) is 4. The highest BCUT2D eigenvalue weighted by molar-refractivity contribution is 7.05. The van der Waals surface area contributed by atoms with E-state index in [2.05, 4.69) is 4.37 Å². The van der Waals surface area contributed by atoms with Gasteiger partial charge in [-0.3, -0.25) is 0 Å². The minimum absolute atomic E-state index is 0.546. The first kappa shape index (κ1) is 13.6. The summed E-state index contributed by atoms with van der Waals surface area (Å²) in [6.07, 6.45) is 0. The molecule has 0 atom stereocenters. The van der Waals surface area contributed by atoms with Crippen molar-refractivity contribution < 1.29 is 9.47 Å². The molecule has 0 spiro atoms. The van der Waals surface area contributed by atoms with Crippen LogP contribution in [0.3, 0.4) is 0 Å². The number of aromatic nitrogens is 1. The summed E-state index contributed by atoms with van der Waals surface area (Å²) in [5.74, 6) is 2.44. The molecule has 3 nitrogen and oxygen atoms in total. The quantitative estimate of drug-likeness (QED) is 0.676. The van der Waals surface area contributed by atoms with Gasteiger partial charge in [0.25, 0.3) is 0 Å². The summed E-state index contributed by atoms with van der Waals surface area (Å²) < 4.78 is 15.7. The maximum atomic E-state index is 5.74. The van der Waals surface area contributed by atoms with Gasteiger partial charge in [0.1, 0.15) is 23.9 Å². The van der Waals surface area contributed by atoms with Gasteiger partial charge in [-0.05, 0) is 60.9 Å². The number of hydrogen-bond donors (Lipinski definition) is 0. The van der Waals surface area contributed by atoms with Crippen LogP contribution in [0.1, 0.15) is 10.6 Å². The summed E-state index contributed by atoms with van der Waals surface area (Å²) >= 11 is 1.47. The van der Waals surface area contributed by atoms with E-state index in [1.165, 1.54) is 11.5 Å². The van der Waals surface area contributed by atoms with Crippen LogP contribution >= 0.6 is 11.5 Å². The topological polar surface area (TPSA) is 31.4 Å². The molecular formula is C17H15NO2S. The largest absolute Gasteiger partial charge is 0.488 e. The van der Waals surface area contributed by atoms with Gasteiger partial charge in [0.15, 0.2) is 0 Å². The van der Waals surface area contributed by atoms with Crippen molar-refractivity contribution >= 4 is 11.5 Å². The summed E-state index contributed by atoms with van der Waals surface area (Å²) in [5.41, 5.74) is 1.03. The van der Waals surface area contributed by atoms with Crippen LogP contribution in [0.25, 0.3) is 0 Å². The molecule has 1 heterocycles. The van der Waals surface area contributed by atoms with Crippen LogP contribution in [0.4, 0.5) is 0 Å².